The third-order valence-corrected chi connectivity index (χ3v) is 5.54. The van der Waals surface area contributed by atoms with Crippen molar-refractivity contribution < 1.29 is 14.6 Å². The largest absolute Gasteiger partial charge is 0.494 e. The van der Waals surface area contributed by atoms with Crippen molar-refractivity contribution in [3.8, 4) is 5.75 Å². The summed E-state index contributed by atoms with van der Waals surface area (Å²) in [5.74, 6) is 2.57. The second-order valence-electron chi connectivity index (χ2n) is 7.59. The third-order valence-electron chi connectivity index (χ3n) is 5.54. The molecule has 0 saturated heterocycles. The number of aliphatic hydroxyl groups excluding tert-OH is 1. The quantitative estimate of drug-likeness (QED) is 0.684. The Hall–Kier alpha value is -1.55. The van der Waals surface area contributed by atoms with Crippen LogP contribution in [0.15, 0.2) is 29.3 Å². The Labute approximate surface area is 151 Å². The highest BCUT2D eigenvalue weighted by Crippen LogP contribution is 2.28. The molecular weight excluding hydrogens is 314 g/mol. The van der Waals surface area contributed by atoms with Gasteiger partial charge < -0.3 is 14.6 Å². The fraction of sp³-hybridized carbons (Fsp3) is 0.667. The van der Waals surface area contributed by atoms with Gasteiger partial charge in [0.15, 0.2) is 5.90 Å². The zero-order chi connectivity index (χ0) is 17.5. The zero-order valence-corrected chi connectivity index (χ0v) is 15.4. The molecule has 3 rings (SSSR count). The van der Waals surface area contributed by atoms with Crippen LogP contribution in [0.2, 0.25) is 0 Å². The van der Waals surface area contributed by atoms with E-state index >= 15 is 0 Å². The predicted octanol–water partition coefficient (Wildman–Crippen LogP) is 4.15. The summed E-state index contributed by atoms with van der Waals surface area (Å²) in [5.41, 5.74) is 0.783. The number of aryl methyl sites for hydroxylation is 1. The minimum atomic E-state index is -0.459. The number of aliphatic hydroxyl groups is 1. The third kappa shape index (κ3) is 5.21. The fourth-order valence-corrected chi connectivity index (χ4v) is 3.92. The summed E-state index contributed by atoms with van der Waals surface area (Å²) in [7, 11) is 0. The Balaban J connectivity index is 1.39. The van der Waals surface area contributed by atoms with Gasteiger partial charge in [-0.1, -0.05) is 37.8 Å². The Bertz CT molecular complexity index is 563. The van der Waals surface area contributed by atoms with Gasteiger partial charge in [0.25, 0.3) is 0 Å². The molecule has 1 aliphatic heterocycles. The monoisotopic (exact) mass is 345 g/mol. The smallest absolute Gasteiger partial charge is 0.180 e. The van der Waals surface area contributed by atoms with E-state index in [0.29, 0.717) is 12.5 Å². The van der Waals surface area contributed by atoms with Crippen molar-refractivity contribution in [1.29, 1.82) is 0 Å². The number of nitrogens with zero attached hydrogens (tertiary/aromatic N) is 1. The standard InChI is InChI=1S/C21H31NO3/c1-17-22-21(15-23,16-25-17)13-12-19-8-10-20(11-9-19)24-14-4-7-18-5-2-3-6-18/h8-11,18,23H,2-7,12-16H2,1H3. The van der Waals surface area contributed by atoms with E-state index in [4.69, 9.17) is 9.47 Å². The molecule has 1 N–H and O–H groups in total. The van der Waals surface area contributed by atoms with Gasteiger partial charge in [0.05, 0.1) is 13.2 Å². The van der Waals surface area contributed by atoms with Crippen molar-refractivity contribution in [2.75, 3.05) is 19.8 Å². The average Bonchev–Trinajstić information content (AvgIpc) is 3.28. The molecule has 0 amide bonds. The second kappa shape index (κ2) is 8.70. The average molecular weight is 345 g/mol. The van der Waals surface area contributed by atoms with E-state index in [2.05, 4.69) is 29.3 Å². The molecule has 2 aliphatic rings. The molecule has 25 heavy (non-hydrogen) atoms. The normalized spacial score (nSPS) is 23.5. The van der Waals surface area contributed by atoms with Gasteiger partial charge >= 0.3 is 0 Å². The van der Waals surface area contributed by atoms with Gasteiger partial charge in [-0.05, 0) is 49.3 Å². The lowest BCUT2D eigenvalue weighted by molar-refractivity contribution is 0.150. The van der Waals surface area contributed by atoms with Gasteiger partial charge in [0.2, 0.25) is 0 Å². The van der Waals surface area contributed by atoms with Gasteiger partial charge in [0.1, 0.15) is 17.9 Å². The maximum absolute atomic E-state index is 9.65. The van der Waals surface area contributed by atoms with E-state index in [1.807, 2.05) is 6.92 Å². The maximum atomic E-state index is 9.65. The van der Waals surface area contributed by atoms with Crippen molar-refractivity contribution in [2.45, 2.75) is 63.8 Å². The maximum Gasteiger partial charge on any atom is 0.180 e. The predicted molar refractivity (Wildman–Crippen MR) is 100 cm³/mol. The molecule has 0 radical (unpaired) electrons. The van der Waals surface area contributed by atoms with Gasteiger partial charge in [-0.2, -0.15) is 0 Å². The van der Waals surface area contributed by atoms with Gasteiger partial charge in [-0.3, -0.25) is 0 Å². The van der Waals surface area contributed by atoms with Crippen molar-refractivity contribution >= 4 is 5.90 Å². The van der Waals surface area contributed by atoms with Crippen LogP contribution in [-0.2, 0) is 11.2 Å². The molecule has 1 aromatic rings. The van der Waals surface area contributed by atoms with Crippen LogP contribution < -0.4 is 4.74 Å². The van der Waals surface area contributed by atoms with Crippen molar-refractivity contribution in [1.82, 2.24) is 0 Å². The Morgan fingerprint density at radius 1 is 1.24 bits per heavy atom. The van der Waals surface area contributed by atoms with Gasteiger partial charge in [0, 0.05) is 6.92 Å². The highest BCUT2D eigenvalue weighted by atomic mass is 16.5. The number of ether oxygens (including phenoxy) is 2. The van der Waals surface area contributed by atoms with E-state index in [-0.39, 0.29) is 6.61 Å². The van der Waals surface area contributed by atoms with Crippen LogP contribution in [0, 0.1) is 5.92 Å². The van der Waals surface area contributed by atoms with Crippen LogP contribution >= 0.6 is 0 Å². The molecule has 4 heteroatoms. The van der Waals surface area contributed by atoms with Crippen molar-refractivity contribution in [3.63, 3.8) is 0 Å². The summed E-state index contributed by atoms with van der Waals surface area (Å²) in [6, 6.07) is 8.33. The summed E-state index contributed by atoms with van der Waals surface area (Å²) in [6.45, 7) is 3.18. The van der Waals surface area contributed by atoms with E-state index in [9.17, 15) is 5.11 Å². The summed E-state index contributed by atoms with van der Waals surface area (Å²) < 4.78 is 11.3. The summed E-state index contributed by atoms with van der Waals surface area (Å²) in [4.78, 5) is 4.47. The Morgan fingerprint density at radius 2 is 2.00 bits per heavy atom. The number of benzene rings is 1. The molecule has 0 bridgehead atoms. The van der Waals surface area contributed by atoms with E-state index in [1.54, 1.807) is 0 Å². The number of rotatable bonds is 9. The molecule has 1 atom stereocenters. The molecular formula is C21H31NO3. The zero-order valence-electron chi connectivity index (χ0n) is 15.4. The lowest BCUT2D eigenvalue weighted by Crippen LogP contribution is -2.33. The van der Waals surface area contributed by atoms with Gasteiger partial charge in [-0.25, -0.2) is 4.99 Å². The first-order chi connectivity index (χ1) is 12.2. The van der Waals surface area contributed by atoms with E-state index < -0.39 is 5.54 Å². The molecule has 1 fully saturated rings. The number of hydrogen-bond acceptors (Lipinski definition) is 4. The van der Waals surface area contributed by atoms with Gasteiger partial charge in [-0.15, -0.1) is 0 Å². The fourth-order valence-electron chi connectivity index (χ4n) is 3.92. The Kier molecular flexibility index (Phi) is 6.35. The first kappa shape index (κ1) is 18.2. The molecule has 4 nitrogen and oxygen atoms in total. The lowest BCUT2D eigenvalue weighted by atomic mass is 9.94. The first-order valence-corrected chi connectivity index (χ1v) is 9.71. The minimum absolute atomic E-state index is 0.0343. The molecule has 1 aliphatic carbocycles. The van der Waals surface area contributed by atoms with E-state index in [0.717, 1.165) is 37.5 Å². The summed E-state index contributed by atoms with van der Waals surface area (Å²) in [5, 5.41) is 9.65. The summed E-state index contributed by atoms with van der Waals surface area (Å²) in [6.07, 6.45) is 9.80. The lowest BCUT2D eigenvalue weighted by Gasteiger charge is -2.21. The first-order valence-electron chi connectivity index (χ1n) is 9.71. The molecule has 0 aromatic heterocycles. The summed E-state index contributed by atoms with van der Waals surface area (Å²) >= 11 is 0. The molecule has 1 unspecified atom stereocenters. The van der Waals surface area contributed by atoms with E-state index in [1.165, 1.54) is 37.7 Å². The van der Waals surface area contributed by atoms with Crippen molar-refractivity contribution in [3.05, 3.63) is 29.8 Å². The van der Waals surface area contributed by atoms with Crippen LogP contribution in [0.4, 0.5) is 0 Å². The molecule has 1 aromatic carbocycles. The highest BCUT2D eigenvalue weighted by molar-refractivity contribution is 5.75. The molecule has 1 heterocycles. The number of hydrogen-bond donors (Lipinski definition) is 1. The topological polar surface area (TPSA) is 51.1 Å². The van der Waals surface area contributed by atoms with Crippen LogP contribution in [0.1, 0.15) is 57.4 Å². The van der Waals surface area contributed by atoms with Crippen LogP contribution in [-0.4, -0.2) is 36.4 Å². The molecule has 138 valence electrons. The minimum Gasteiger partial charge on any atom is -0.494 e. The van der Waals surface area contributed by atoms with Crippen LogP contribution in [0.5, 0.6) is 5.75 Å². The number of aliphatic imine (C=N–C) groups is 1. The molecule has 0 spiro atoms. The SMILES string of the molecule is CC1=NC(CO)(CCc2ccc(OCCCC3CCCC3)cc2)CO1. The van der Waals surface area contributed by atoms with Crippen LogP contribution in [0.25, 0.3) is 0 Å². The van der Waals surface area contributed by atoms with Crippen molar-refractivity contribution in [2.24, 2.45) is 10.9 Å². The highest BCUT2D eigenvalue weighted by Gasteiger charge is 2.34. The molecule has 1 saturated carbocycles. The Morgan fingerprint density at radius 3 is 2.64 bits per heavy atom. The van der Waals surface area contributed by atoms with Crippen LogP contribution in [0.3, 0.4) is 0 Å². The second-order valence-corrected chi connectivity index (χ2v) is 7.59.